The molecule has 0 amide bonds. The number of hydrogen-bond donors (Lipinski definition) is 2. The maximum Gasteiger partial charge on any atom is 0.209 e. The summed E-state index contributed by atoms with van der Waals surface area (Å²) in [5.74, 6) is 1.32. The van der Waals surface area contributed by atoms with Gasteiger partial charge in [-0.2, -0.15) is 5.26 Å². The molecule has 0 aromatic heterocycles. The Labute approximate surface area is 146 Å². The molecule has 0 saturated carbocycles. The largest absolute Gasteiger partial charge is 0.494 e. The highest BCUT2D eigenvalue weighted by molar-refractivity contribution is 5.94. The number of benzene rings is 1. The predicted molar refractivity (Wildman–Crippen MR) is 100 cm³/mol. The van der Waals surface area contributed by atoms with Gasteiger partial charge >= 0.3 is 0 Å². The van der Waals surface area contributed by atoms with Crippen molar-refractivity contribution < 1.29 is 4.74 Å². The number of nitriles is 1. The lowest BCUT2D eigenvalue weighted by molar-refractivity contribution is 0.305. The van der Waals surface area contributed by atoms with E-state index in [2.05, 4.69) is 43.3 Å². The van der Waals surface area contributed by atoms with Crippen LogP contribution in [0.1, 0.15) is 53.4 Å². The second-order valence-corrected chi connectivity index (χ2v) is 7.02. The minimum absolute atomic E-state index is 0.0690. The molecule has 5 heteroatoms. The van der Waals surface area contributed by atoms with Crippen LogP contribution in [0.5, 0.6) is 5.75 Å². The molecule has 0 aliphatic rings. The maximum atomic E-state index is 8.84. The summed E-state index contributed by atoms with van der Waals surface area (Å²) in [6.45, 7) is 9.89. The molecule has 0 heterocycles. The molecule has 0 aliphatic heterocycles. The SMILES string of the molecule is CCCCCCOc1ccc(NC(=NCC(C)(C)C)NC#N)cc1. The maximum absolute atomic E-state index is 8.84. The number of anilines is 1. The Morgan fingerprint density at radius 2 is 1.88 bits per heavy atom. The lowest BCUT2D eigenvalue weighted by atomic mass is 9.97. The Hall–Kier alpha value is -2.22. The third kappa shape index (κ3) is 9.04. The molecular formula is C19H30N4O. The van der Waals surface area contributed by atoms with Gasteiger partial charge in [0.2, 0.25) is 5.96 Å². The van der Waals surface area contributed by atoms with Crippen LogP contribution in [0, 0.1) is 16.9 Å². The Kier molecular flexibility index (Phi) is 8.70. The minimum atomic E-state index is 0.0690. The highest BCUT2D eigenvalue weighted by Crippen LogP contribution is 2.17. The van der Waals surface area contributed by atoms with Gasteiger partial charge in [-0.1, -0.05) is 47.0 Å². The van der Waals surface area contributed by atoms with E-state index >= 15 is 0 Å². The average molecular weight is 330 g/mol. The van der Waals surface area contributed by atoms with Crippen molar-refractivity contribution in [3.8, 4) is 11.9 Å². The lowest BCUT2D eigenvalue weighted by Gasteiger charge is -2.16. The number of unbranched alkanes of at least 4 members (excludes halogenated alkanes) is 3. The first-order chi connectivity index (χ1) is 11.4. The van der Waals surface area contributed by atoms with Crippen LogP contribution in [-0.2, 0) is 0 Å². The normalized spacial score (nSPS) is 11.7. The van der Waals surface area contributed by atoms with Crippen LogP contribution in [0.2, 0.25) is 0 Å². The second kappa shape index (κ2) is 10.5. The van der Waals surface area contributed by atoms with Crippen LogP contribution in [0.4, 0.5) is 5.69 Å². The van der Waals surface area contributed by atoms with Crippen molar-refractivity contribution in [3.63, 3.8) is 0 Å². The third-order valence-electron chi connectivity index (χ3n) is 3.27. The lowest BCUT2D eigenvalue weighted by Crippen LogP contribution is -2.28. The van der Waals surface area contributed by atoms with E-state index in [4.69, 9.17) is 10.00 Å². The van der Waals surface area contributed by atoms with Crippen LogP contribution in [0.3, 0.4) is 0 Å². The van der Waals surface area contributed by atoms with Gasteiger partial charge in [0.15, 0.2) is 6.19 Å². The van der Waals surface area contributed by atoms with Crippen molar-refractivity contribution in [3.05, 3.63) is 24.3 Å². The molecule has 0 bridgehead atoms. The number of aliphatic imine (C=N–C) groups is 1. The van der Waals surface area contributed by atoms with Crippen LogP contribution in [-0.4, -0.2) is 19.1 Å². The molecular weight excluding hydrogens is 300 g/mol. The monoisotopic (exact) mass is 330 g/mol. The van der Waals surface area contributed by atoms with Gasteiger partial charge in [-0.15, -0.1) is 0 Å². The summed E-state index contributed by atoms with van der Waals surface area (Å²) >= 11 is 0. The second-order valence-electron chi connectivity index (χ2n) is 7.02. The molecule has 1 aromatic carbocycles. The molecule has 1 rings (SSSR count). The van der Waals surface area contributed by atoms with Gasteiger partial charge in [0.05, 0.1) is 6.61 Å². The minimum Gasteiger partial charge on any atom is -0.494 e. The van der Waals surface area contributed by atoms with Crippen molar-refractivity contribution >= 4 is 11.6 Å². The van der Waals surface area contributed by atoms with E-state index in [0.29, 0.717) is 12.5 Å². The Balaban J connectivity index is 2.53. The van der Waals surface area contributed by atoms with E-state index in [1.54, 1.807) is 0 Å². The van der Waals surface area contributed by atoms with Gasteiger partial charge in [-0.05, 0) is 36.1 Å². The zero-order chi connectivity index (χ0) is 17.8. The molecule has 24 heavy (non-hydrogen) atoms. The topological polar surface area (TPSA) is 69.4 Å². The van der Waals surface area contributed by atoms with Crippen LogP contribution in [0.15, 0.2) is 29.3 Å². The molecule has 0 saturated heterocycles. The predicted octanol–water partition coefficient (Wildman–Crippen LogP) is 4.53. The van der Waals surface area contributed by atoms with Crippen molar-refractivity contribution in [2.45, 2.75) is 53.4 Å². The molecule has 0 aliphatic carbocycles. The fraction of sp³-hybridized carbons (Fsp3) is 0.579. The molecule has 5 nitrogen and oxygen atoms in total. The number of hydrogen-bond acceptors (Lipinski definition) is 3. The Morgan fingerprint density at radius 1 is 1.17 bits per heavy atom. The first-order valence-corrected chi connectivity index (χ1v) is 8.64. The van der Waals surface area contributed by atoms with Crippen LogP contribution in [0.25, 0.3) is 0 Å². The molecule has 0 radical (unpaired) electrons. The molecule has 2 N–H and O–H groups in total. The number of nitrogens with zero attached hydrogens (tertiary/aromatic N) is 2. The Bertz CT molecular complexity index is 538. The fourth-order valence-corrected chi connectivity index (χ4v) is 1.97. The molecule has 0 unspecified atom stereocenters. The van der Waals surface area contributed by atoms with Crippen molar-refractivity contribution in [1.29, 1.82) is 5.26 Å². The smallest absolute Gasteiger partial charge is 0.209 e. The summed E-state index contributed by atoms with van der Waals surface area (Å²) in [4.78, 5) is 4.42. The molecule has 1 aromatic rings. The van der Waals surface area contributed by atoms with Crippen LogP contribution >= 0.6 is 0 Å². The molecule has 0 atom stereocenters. The number of rotatable bonds is 8. The molecule has 132 valence electrons. The number of guanidine groups is 1. The highest BCUT2D eigenvalue weighted by Gasteiger charge is 2.10. The van der Waals surface area contributed by atoms with E-state index < -0.39 is 0 Å². The summed E-state index contributed by atoms with van der Waals surface area (Å²) in [5, 5.41) is 14.6. The zero-order valence-electron chi connectivity index (χ0n) is 15.4. The molecule has 0 fully saturated rings. The van der Waals surface area contributed by atoms with Gasteiger partial charge in [0.25, 0.3) is 0 Å². The third-order valence-corrected chi connectivity index (χ3v) is 3.27. The van der Waals surface area contributed by atoms with Gasteiger partial charge in [0, 0.05) is 12.2 Å². The summed E-state index contributed by atoms with van der Waals surface area (Å²) in [6.07, 6.45) is 6.70. The summed E-state index contributed by atoms with van der Waals surface area (Å²) < 4.78 is 5.73. The number of ether oxygens (including phenoxy) is 1. The first kappa shape index (κ1) is 19.8. The van der Waals surface area contributed by atoms with Crippen molar-refractivity contribution in [2.24, 2.45) is 10.4 Å². The zero-order valence-corrected chi connectivity index (χ0v) is 15.4. The Morgan fingerprint density at radius 3 is 2.46 bits per heavy atom. The fourth-order valence-electron chi connectivity index (χ4n) is 1.97. The van der Waals surface area contributed by atoms with Crippen LogP contribution < -0.4 is 15.4 Å². The quantitative estimate of drug-likeness (QED) is 0.241. The average Bonchev–Trinajstić information content (AvgIpc) is 2.53. The van der Waals surface area contributed by atoms with E-state index in [0.717, 1.165) is 24.5 Å². The summed E-state index contributed by atoms with van der Waals surface area (Å²) in [6, 6.07) is 7.70. The summed E-state index contributed by atoms with van der Waals surface area (Å²) in [5.41, 5.74) is 0.934. The van der Waals surface area contributed by atoms with Crippen molar-refractivity contribution in [2.75, 3.05) is 18.5 Å². The van der Waals surface area contributed by atoms with Gasteiger partial charge in [-0.25, -0.2) is 0 Å². The standard InChI is InChI=1S/C19H30N4O/c1-5-6-7-8-13-24-17-11-9-16(10-12-17)23-18(22-15-20)21-14-19(2,3)4/h9-12H,5-8,13-14H2,1-4H3,(H2,21,22,23). The van der Waals surface area contributed by atoms with E-state index in [9.17, 15) is 0 Å². The van der Waals surface area contributed by atoms with Crippen molar-refractivity contribution in [1.82, 2.24) is 5.32 Å². The van der Waals surface area contributed by atoms with E-state index in [1.807, 2.05) is 30.5 Å². The van der Waals surface area contributed by atoms with Gasteiger partial charge in [0.1, 0.15) is 5.75 Å². The number of nitrogens with one attached hydrogen (secondary N) is 2. The summed E-state index contributed by atoms with van der Waals surface area (Å²) in [7, 11) is 0. The highest BCUT2D eigenvalue weighted by atomic mass is 16.5. The first-order valence-electron chi connectivity index (χ1n) is 8.64. The van der Waals surface area contributed by atoms with E-state index in [1.165, 1.54) is 19.3 Å². The van der Waals surface area contributed by atoms with Gasteiger partial charge in [-0.3, -0.25) is 10.3 Å². The van der Waals surface area contributed by atoms with Gasteiger partial charge < -0.3 is 10.1 Å². The van der Waals surface area contributed by atoms with E-state index in [-0.39, 0.29) is 5.41 Å². The molecule has 0 spiro atoms.